The highest BCUT2D eigenvalue weighted by atomic mass is 35.5. The summed E-state index contributed by atoms with van der Waals surface area (Å²) in [5.74, 6) is 0.626. The van der Waals surface area contributed by atoms with Gasteiger partial charge in [0.15, 0.2) is 0 Å². The third-order valence-corrected chi connectivity index (χ3v) is 4.64. The predicted molar refractivity (Wildman–Crippen MR) is 80.4 cm³/mol. The highest BCUT2D eigenvalue weighted by Crippen LogP contribution is 2.38. The number of hydrogen-bond donors (Lipinski definition) is 1. The Morgan fingerprint density at radius 3 is 2.85 bits per heavy atom. The van der Waals surface area contributed by atoms with E-state index in [1.54, 1.807) is 12.1 Å². The van der Waals surface area contributed by atoms with Crippen LogP contribution in [0, 0.1) is 11.7 Å². The maximum atomic E-state index is 14.0. The van der Waals surface area contributed by atoms with Gasteiger partial charge in [0.2, 0.25) is 0 Å². The highest BCUT2D eigenvalue weighted by molar-refractivity contribution is 6.30. The topological polar surface area (TPSA) is 15.3 Å². The third-order valence-electron chi connectivity index (χ3n) is 4.40. The van der Waals surface area contributed by atoms with Gasteiger partial charge in [-0.3, -0.25) is 4.90 Å². The molecule has 20 heavy (non-hydrogen) atoms. The van der Waals surface area contributed by atoms with E-state index in [1.807, 2.05) is 0 Å². The number of halogens is 2. The lowest BCUT2D eigenvalue weighted by atomic mass is 9.96. The van der Waals surface area contributed by atoms with E-state index in [4.69, 9.17) is 11.6 Å². The van der Waals surface area contributed by atoms with Crippen LogP contribution in [0.4, 0.5) is 4.39 Å². The monoisotopic (exact) mass is 296 g/mol. The van der Waals surface area contributed by atoms with Crippen LogP contribution in [-0.4, -0.2) is 29.6 Å². The van der Waals surface area contributed by atoms with Gasteiger partial charge in [-0.25, -0.2) is 4.39 Å². The zero-order valence-electron chi connectivity index (χ0n) is 12.1. The van der Waals surface area contributed by atoms with Gasteiger partial charge in [0.25, 0.3) is 0 Å². The fraction of sp³-hybridized carbons (Fsp3) is 0.625. The Morgan fingerprint density at radius 2 is 2.15 bits per heavy atom. The number of nitrogens with one attached hydrogen (secondary N) is 1. The summed E-state index contributed by atoms with van der Waals surface area (Å²) in [4.78, 5) is 2.43. The molecule has 3 rings (SSSR count). The molecule has 0 radical (unpaired) electrons. The lowest BCUT2D eigenvalue weighted by Gasteiger charge is -2.45. The summed E-state index contributed by atoms with van der Waals surface area (Å²) in [5.41, 5.74) is 0.793. The molecule has 2 nitrogen and oxygen atoms in total. The second-order valence-corrected chi connectivity index (χ2v) is 7.25. The minimum atomic E-state index is -0.153. The smallest absolute Gasteiger partial charge is 0.127 e. The molecule has 1 heterocycles. The Bertz CT molecular complexity index is 499. The summed E-state index contributed by atoms with van der Waals surface area (Å²) in [7, 11) is 0. The Balaban J connectivity index is 1.79. The first-order chi connectivity index (χ1) is 9.44. The van der Waals surface area contributed by atoms with Crippen LogP contribution in [0.15, 0.2) is 18.2 Å². The average molecular weight is 297 g/mol. The van der Waals surface area contributed by atoms with Gasteiger partial charge in [0.05, 0.1) is 0 Å². The summed E-state index contributed by atoms with van der Waals surface area (Å²) >= 11 is 6.00. The average Bonchev–Trinajstić information content (AvgIpc) is 3.17. The molecule has 0 spiro atoms. The molecule has 0 amide bonds. The highest BCUT2D eigenvalue weighted by Gasteiger charge is 2.40. The van der Waals surface area contributed by atoms with Gasteiger partial charge in [0, 0.05) is 41.8 Å². The van der Waals surface area contributed by atoms with Crippen molar-refractivity contribution in [3.8, 4) is 0 Å². The Morgan fingerprint density at radius 1 is 1.40 bits per heavy atom. The molecule has 1 aromatic rings. The summed E-state index contributed by atoms with van der Waals surface area (Å²) in [5, 5.41) is 4.22. The first-order valence-electron chi connectivity index (χ1n) is 7.38. The summed E-state index contributed by atoms with van der Waals surface area (Å²) in [6, 6.07) is 5.37. The second-order valence-electron chi connectivity index (χ2n) is 6.81. The predicted octanol–water partition coefficient (Wildman–Crippen LogP) is 3.44. The molecule has 1 aliphatic carbocycles. The zero-order valence-corrected chi connectivity index (χ0v) is 12.9. The Kier molecular flexibility index (Phi) is 3.78. The molecule has 2 aliphatic rings. The second kappa shape index (κ2) is 5.28. The van der Waals surface area contributed by atoms with E-state index >= 15 is 0 Å². The summed E-state index contributed by atoms with van der Waals surface area (Å²) in [6.45, 7) is 7.01. The van der Waals surface area contributed by atoms with E-state index in [0.717, 1.165) is 19.0 Å². The Hall–Kier alpha value is -0.640. The molecule has 1 unspecified atom stereocenters. The number of piperazine rings is 1. The van der Waals surface area contributed by atoms with Crippen molar-refractivity contribution in [1.82, 2.24) is 10.2 Å². The maximum Gasteiger partial charge on any atom is 0.127 e. The van der Waals surface area contributed by atoms with E-state index in [0.29, 0.717) is 23.2 Å². The molecule has 1 aliphatic heterocycles. The van der Waals surface area contributed by atoms with Crippen LogP contribution in [0.25, 0.3) is 0 Å². The Labute approximate surface area is 125 Å². The van der Waals surface area contributed by atoms with Gasteiger partial charge in [0.1, 0.15) is 5.82 Å². The minimum absolute atomic E-state index is 0.0838. The number of benzene rings is 1. The van der Waals surface area contributed by atoms with Crippen LogP contribution in [0.5, 0.6) is 0 Å². The molecular formula is C16H22ClFN2. The van der Waals surface area contributed by atoms with Crippen molar-refractivity contribution in [2.45, 2.75) is 44.8 Å². The molecule has 110 valence electrons. The van der Waals surface area contributed by atoms with Gasteiger partial charge >= 0.3 is 0 Å². The molecule has 0 bridgehead atoms. The minimum Gasteiger partial charge on any atom is -0.309 e. The van der Waals surface area contributed by atoms with Crippen LogP contribution < -0.4 is 5.32 Å². The van der Waals surface area contributed by atoms with E-state index < -0.39 is 0 Å². The summed E-state index contributed by atoms with van der Waals surface area (Å²) in [6.07, 6.45) is 2.61. The molecule has 1 saturated heterocycles. The quantitative estimate of drug-likeness (QED) is 0.919. The van der Waals surface area contributed by atoms with Gasteiger partial charge in [-0.1, -0.05) is 11.6 Å². The third kappa shape index (κ3) is 3.16. The van der Waals surface area contributed by atoms with E-state index in [9.17, 15) is 4.39 Å². The molecule has 1 N–H and O–H groups in total. The van der Waals surface area contributed by atoms with Gasteiger partial charge in [-0.05, 0) is 50.8 Å². The van der Waals surface area contributed by atoms with Crippen molar-refractivity contribution in [2.24, 2.45) is 5.92 Å². The normalized spacial score (nSPS) is 26.7. The van der Waals surface area contributed by atoms with E-state index in [-0.39, 0.29) is 11.4 Å². The maximum absolute atomic E-state index is 14.0. The van der Waals surface area contributed by atoms with Gasteiger partial charge < -0.3 is 5.32 Å². The first kappa shape index (κ1) is 14.3. The van der Waals surface area contributed by atoms with Crippen LogP contribution in [0.2, 0.25) is 5.02 Å². The lowest BCUT2D eigenvalue weighted by Crippen LogP contribution is -2.61. The van der Waals surface area contributed by atoms with Crippen molar-refractivity contribution in [3.05, 3.63) is 34.6 Å². The molecule has 1 atom stereocenters. The molecule has 1 aromatic carbocycles. The van der Waals surface area contributed by atoms with E-state index in [1.165, 1.54) is 18.9 Å². The molecule has 1 saturated carbocycles. The van der Waals surface area contributed by atoms with Crippen molar-refractivity contribution in [2.75, 3.05) is 13.1 Å². The largest absolute Gasteiger partial charge is 0.309 e. The van der Waals surface area contributed by atoms with Crippen LogP contribution >= 0.6 is 11.6 Å². The SMILES string of the molecule is CC1(C)CN(Cc2cc(Cl)ccc2F)C(C2CC2)CN1. The number of nitrogens with zero attached hydrogens (tertiary/aromatic N) is 1. The zero-order chi connectivity index (χ0) is 14.3. The number of hydrogen-bond acceptors (Lipinski definition) is 2. The fourth-order valence-electron chi connectivity index (χ4n) is 3.19. The lowest BCUT2D eigenvalue weighted by molar-refractivity contribution is 0.0749. The van der Waals surface area contributed by atoms with Crippen molar-refractivity contribution < 1.29 is 4.39 Å². The van der Waals surface area contributed by atoms with Gasteiger partial charge in [-0.2, -0.15) is 0 Å². The fourth-order valence-corrected chi connectivity index (χ4v) is 3.39. The van der Waals surface area contributed by atoms with Crippen LogP contribution in [0.3, 0.4) is 0 Å². The van der Waals surface area contributed by atoms with Crippen molar-refractivity contribution >= 4 is 11.6 Å². The van der Waals surface area contributed by atoms with Crippen LogP contribution in [-0.2, 0) is 6.54 Å². The van der Waals surface area contributed by atoms with Crippen LogP contribution in [0.1, 0.15) is 32.3 Å². The molecule has 0 aromatic heterocycles. The van der Waals surface area contributed by atoms with E-state index in [2.05, 4.69) is 24.1 Å². The number of rotatable bonds is 3. The molecular weight excluding hydrogens is 275 g/mol. The molecule has 2 fully saturated rings. The van der Waals surface area contributed by atoms with Gasteiger partial charge in [-0.15, -0.1) is 0 Å². The summed E-state index contributed by atoms with van der Waals surface area (Å²) < 4.78 is 14.0. The standard InChI is InChI=1S/C16H22ClFN2/c1-16(2)10-20(15(8-19-16)11-3-4-11)9-12-7-13(17)5-6-14(12)18/h5-7,11,15,19H,3-4,8-10H2,1-2H3. The molecule has 4 heteroatoms. The van der Waals surface area contributed by atoms with Crippen molar-refractivity contribution in [3.63, 3.8) is 0 Å². The van der Waals surface area contributed by atoms with Crippen molar-refractivity contribution in [1.29, 1.82) is 0 Å². The first-order valence-corrected chi connectivity index (χ1v) is 7.75.